The lowest BCUT2D eigenvalue weighted by Crippen LogP contribution is -2.29. The molecule has 0 fully saturated rings. The summed E-state index contributed by atoms with van der Waals surface area (Å²) < 4.78 is 32.5. The number of allylic oxidation sites excluding steroid dienone is 4. The Balaban J connectivity index is 4.15. The number of carbonyl (C=O) groups excluding carboxylic acids is 2. The van der Waals surface area contributed by atoms with E-state index in [0.29, 0.717) is 6.42 Å². The summed E-state index contributed by atoms with van der Waals surface area (Å²) in [6.07, 6.45) is 36.6. The van der Waals surface area contributed by atoms with Crippen molar-refractivity contribution in [3.8, 4) is 0 Å². The van der Waals surface area contributed by atoms with E-state index in [2.05, 4.69) is 38.2 Å². The standard InChI is InChI=1S/C39H73O8P/c1-4-7-9-11-13-15-17-19-20-21-22-24-26-28-30-32-34-39(41)47-37(36-46-48(42,43)45-6-3)35-44-38(40)33-31-29-27-25-23-18-16-14-12-10-8-5-2/h14,16,20-21,37H,4-13,15,17-19,22-36H2,1-3H3,(H,42,43)/b16-14-,21-20-. The van der Waals surface area contributed by atoms with Crippen LogP contribution in [-0.2, 0) is 32.7 Å². The maximum absolute atomic E-state index is 12.5. The highest BCUT2D eigenvalue weighted by Crippen LogP contribution is 2.43. The topological polar surface area (TPSA) is 108 Å². The number of hydrogen-bond donors (Lipinski definition) is 1. The predicted molar refractivity (Wildman–Crippen MR) is 198 cm³/mol. The van der Waals surface area contributed by atoms with Crippen LogP contribution in [0.25, 0.3) is 0 Å². The van der Waals surface area contributed by atoms with Gasteiger partial charge in [-0.25, -0.2) is 4.57 Å². The minimum Gasteiger partial charge on any atom is -0.462 e. The molecule has 0 saturated carbocycles. The van der Waals surface area contributed by atoms with Crippen LogP contribution in [0.1, 0.15) is 188 Å². The summed E-state index contributed by atoms with van der Waals surface area (Å²) in [7, 11) is -4.28. The number of rotatable bonds is 36. The van der Waals surface area contributed by atoms with Crippen LogP contribution in [0.3, 0.4) is 0 Å². The van der Waals surface area contributed by atoms with Gasteiger partial charge in [0.2, 0.25) is 0 Å². The van der Waals surface area contributed by atoms with Gasteiger partial charge in [-0.2, -0.15) is 0 Å². The minimum atomic E-state index is -4.28. The molecule has 0 saturated heterocycles. The summed E-state index contributed by atoms with van der Waals surface area (Å²) in [5.41, 5.74) is 0. The van der Waals surface area contributed by atoms with E-state index in [0.717, 1.165) is 70.6 Å². The van der Waals surface area contributed by atoms with Crippen LogP contribution in [-0.4, -0.2) is 42.8 Å². The molecule has 0 aromatic carbocycles. The molecule has 0 aromatic heterocycles. The van der Waals surface area contributed by atoms with Crippen molar-refractivity contribution in [3.05, 3.63) is 24.3 Å². The van der Waals surface area contributed by atoms with E-state index < -0.39 is 26.5 Å². The van der Waals surface area contributed by atoms with Gasteiger partial charge in [0.25, 0.3) is 0 Å². The van der Waals surface area contributed by atoms with Gasteiger partial charge < -0.3 is 14.4 Å². The maximum atomic E-state index is 12.5. The Kier molecular flexibility index (Phi) is 34.3. The fourth-order valence-corrected chi connectivity index (χ4v) is 6.08. The second kappa shape index (κ2) is 35.4. The van der Waals surface area contributed by atoms with Gasteiger partial charge in [0.05, 0.1) is 13.2 Å². The molecule has 8 nitrogen and oxygen atoms in total. The van der Waals surface area contributed by atoms with Crippen molar-refractivity contribution in [1.82, 2.24) is 0 Å². The van der Waals surface area contributed by atoms with E-state index in [4.69, 9.17) is 18.5 Å². The van der Waals surface area contributed by atoms with Crippen molar-refractivity contribution in [3.63, 3.8) is 0 Å². The first-order valence-electron chi connectivity index (χ1n) is 19.6. The largest absolute Gasteiger partial charge is 0.472 e. The maximum Gasteiger partial charge on any atom is 0.472 e. The van der Waals surface area contributed by atoms with E-state index in [1.54, 1.807) is 6.92 Å². The monoisotopic (exact) mass is 701 g/mol. The van der Waals surface area contributed by atoms with Crippen molar-refractivity contribution >= 4 is 19.8 Å². The fourth-order valence-electron chi connectivity index (χ4n) is 5.32. The zero-order valence-corrected chi connectivity index (χ0v) is 32.0. The Hall–Kier alpha value is -1.47. The highest BCUT2D eigenvalue weighted by Gasteiger charge is 2.25. The molecule has 0 aliphatic rings. The highest BCUT2D eigenvalue weighted by atomic mass is 31.2. The average molecular weight is 701 g/mol. The Morgan fingerprint density at radius 1 is 0.542 bits per heavy atom. The van der Waals surface area contributed by atoms with Crippen molar-refractivity contribution in [1.29, 1.82) is 0 Å². The van der Waals surface area contributed by atoms with Gasteiger partial charge in [-0.1, -0.05) is 128 Å². The molecule has 0 aliphatic heterocycles. The first kappa shape index (κ1) is 46.5. The minimum absolute atomic E-state index is 0.00148. The van der Waals surface area contributed by atoms with Crippen molar-refractivity contribution in [2.75, 3.05) is 19.8 Å². The molecule has 2 unspecified atom stereocenters. The molecule has 0 aromatic rings. The number of ether oxygens (including phenoxy) is 2. The lowest BCUT2D eigenvalue weighted by molar-refractivity contribution is -0.161. The summed E-state index contributed by atoms with van der Waals surface area (Å²) >= 11 is 0. The molecule has 48 heavy (non-hydrogen) atoms. The molecule has 1 N–H and O–H groups in total. The van der Waals surface area contributed by atoms with E-state index in [-0.39, 0.29) is 32.0 Å². The number of esters is 2. The van der Waals surface area contributed by atoms with E-state index >= 15 is 0 Å². The van der Waals surface area contributed by atoms with Gasteiger partial charge in [0.15, 0.2) is 6.10 Å². The van der Waals surface area contributed by atoms with Crippen LogP contribution in [0.15, 0.2) is 24.3 Å². The lowest BCUT2D eigenvalue weighted by atomic mass is 10.1. The summed E-state index contributed by atoms with van der Waals surface area (Å²) in [5, 5.41) is 0. The normalized spacial score (nSPS) is 13.7. The zero-order valence-electron chi connectivity index (χ0n) is 31.1. The predicted octanol–water partition coefficient (Wildman–Crippen LogP) is 11.9. The Bertz CT molecular complexity index is 844. The van der Waals surface area contributed by atoms with Crippen LogP contribution in [0.2, 0.25) is 0 Å². The van der Waals surface area contributed by atoms with Crippen LogP contribution in [0.5, 0.6) is 0 Å². The summed E-state index contributed by atoms with van der Waals surface area (Å²) in [4.78, 5) is 34.6. The van der Waals surface area contributed by atoms with Crippen molar-refractivity contribution in [2.45, 2.75) is 194 Å². The molecule has 0 heterocycles. The van der Waals surface area contributed by atoms with E-state index in [9.17, 15) is 19.0 Å². The van der Waals surface area contributed by atoms with Gasteiger partial charge in [-0.3, -0.25) is 18.6 Å². The Morgan fingerprint density at radius 2 is 0.938 bits per heavy atom. The van der Waals surface area contributed by atoms with Gasteiger partial charge in [-0.05, 0) is 71.1 Å². The van der Waals surface area contributed by atoms with Gasteiger partial charge >= 0.3 is 19.8 Å². The molecule has 0 aliphatic carbocycles. The molecule has 0 radical (unpaired) electrons. The van der Waals surface area contributed by atoms with Crippen LogP contribution >= 0.6 is 7.82 Å². The summed E-state index contributed by atoms with van der Waals surface area (Å²) in [6.45, 7) is 5.42. The molecule has 0 amide bonds. The first-order chi connectivity index (χ1) is 23.3. The fraction of sp³-hybridized carbons (Fsp3) is 0.846. The number of hydrogen-bond acceptors (Lipinski definition) is 7. The molecule has 2 atom stereocenters. The molecule has 0 rings (SSSR count). The summed E-state index contributed by atoms with van der Waals surface area (Å²) in [6, 6.07) is 0. The van der Waals surface area contributed by atoms with Gasteiger partial charge in [0.1, 0.15) is 6.61 Å². The van der Waals surface area contributed by atoms with Crippen molar-refractivity contribution in [2.24, 2.45) is 0 Å². The Labute approximate surface area is 294 Å². The SMILES string of the molecule is CCCCC/C=C\CCCCCCCC(=O)OCC(COP(=O)(O)OCC)OC(=O)CCCCCCC/C=C\CCCCCCCCC. The van der Waals surface area contributed by atoms with Crippen LogP contribution in [0.4, 0.5) is 0 Å². The first-order valence-corrected chi connectivity index (χ1v) is 21.1. The zero-order chi connectivity index (χ0) is 35.4. The molecule has 0 spiro atoms. The second-order valence-electron chi connectivity index (χ2n) is 12.9. The molecule has 0 bridgehead atoms. The number of unbranched alkanes of at least 4 members (excludes halogenated alkanes) is 20. The second-order valence-corrected chi connectivity index (χ2v) is 14.4. The highest BCUT2D eigenvalue weighted by molar-refractivity contribution is 7.47. The third kappa shape index (κ3) is 34.4. The van der Waals surface area contributed by atoms with Gasteiger partial charge in [-0.15, -0.1) is 0 Å². The summed E-state index contributed by atoms with van der Waals surface area (Å²) in [5.74, 6) is -0.816. The van der Waals surface area contributed by atoms with Crippen LogP contribution in [0, 0.1) is 0 Å². The molecule has 9 heteroatoms. The smallest absolute Gasteiger partial charge is 0.462 e. The van der Waals surface area contributed by atoms with Crippen LogP contribution < -0.4 is 0 Å². The molecular weight excluding hydrogens is 627 g/mol. The Morgan fingerprint density at radius 3 is 1.42 bits per heavy atom. The third-order valence-electron chi connectivity index (χ3n) is 8.23. The number of phosphoric ester groups is 1. The van der Waals surface area contributed by atoms with Gasteiger partial charge in [0, 0.05) is 12.8 Å². The molecular formula is C39H73O8P. The third-order valence-corrected chi connectivity index (χ3v) is 9.29. The molecule has 282 valence electrons. The van der Waals surface area contributed by atoms with Crippen molar-refractivity contribution < 1.29 is 37.6 Å². The van der Waals surface area contributed by atoms with E-state index in [1.165, 1.54) is 77.0 Å². The number of phosphoric acid groups is 1. The quantitative estimate of drug-likeness (QED) is 0.0298. The number of carbonyl (C=O) groups is 2. The average Bonchev–Trinajstić information content (AvgIpc) is 3.06. The van der Waals surface area contributed by atoms with E-state index in [1.807, 2.05) is 0 Å². The lowest BCUT2D eigenvalue weighted by Gasteiger charge is -2.19.